The number of aryl methyl sites for hydroxylation is 2. The number of phenolic OH excluding ortho intramolecular Hbond substituents is 1. The second-order valence-electron chi connectivity index (χ2n) is 5.90. The van der Waals surface area contributed by atoms with Crippen LogP contribution in [-0.4, -0.2) is 20.8 Å². The lowest BCUT2D eigenvalue weighted by Crippen LogP contribution is -2.14. The molecule has 2 N–H and O–H groups in total. The number of ether oxygens (including phenoxy) is 1. The van der Waals surface area contributed by atoms with Gasteiger partial charge in [-0.15, -0.1) is 0 Å². The topological polar surface area (TPSA) is 76.4 Å². The second kappa shape index (κ2) is 7.49. The van der Waals surface area contributed by atoms with Crippen LogP contribution in [0.1, 0.15) is 21.6 Å². The van der Waals surface area contributed by atoms with E-state index in [0.717, 1.165) is 16.9 Å². The summed E-state index contributed by atoms with van der Waals surface area (Å²) < 4.78 is 7.28. The van der Waals surface area contributed by atoms with E-state index in [2.05, 4.69) is 10.4 Å². The van der Waals surface area contributed by atoms with Crippen LogP contribution in [0.3, 0.4) is 0 Å². The van der Waals surface area contributed by atoms with Crippen molar-refractivity contribution >= 4 is 23.2 Å². The summed E-state index contributed by atoms with van der Waals surface area (Å²) in [6, 6.07) is 11.9. The van der Waals surface area contributed by atoms with Crippen LogP contribution in [0.2, 0.25) is 5.02 Å². The van der Waals surface area contributed by atoms with Gasteiger partial charge in [0.2, 0.25) is 0 Å². The standard InChI is InChI=1S/C19H18ClN3O3/c1-12-3-4-13(2)18(9-12)26-11-23-8-7-15(22-23)19(25)21-16-10-14(20)5-6-17(16)24/h3-10,24H,11H2,1-2H3,(H,21,25). The van der Waals surface area contributed by atoms with Crippen molar-refractivity contribution in [3.63, 3.8) is 0 Å². The number of aromatic hydroxyl groups is 1. The monoisotopic (exact) mass is 371 g/mol. The average molecular weight is 372 g/mol. The number of phenols is 1. The van der Waals surface area contributed by atoms with E-state index in [0.29, 0.717) is 5.02 Å². The van der Waals surface area contributed by atoms with Gasteiger partial charge in [0.1, 0.15) is 11.5 Å². The van der Waals surface area contributed by atoms with Crippen molar-refractivity contribution in [2.75, 3.05) is 5.32 Å². The number of halogens is 1. The fourth-order valence-corrected chi connectivity index (χ4v) is 2.52. The SMILES string of the molecule is Cc1ccc(C)c(OCn2ccc(C(=O)Nc3cc(Cl)ccc3O)n2)c1. The Morgan fingerprint density at radius 1 is 1.23 bits per heavy atom. The Hall–Kier alpha value is -2.99. The van der Waals surface area contributed by atoms with Gasteiger partial charge in [-0.3, -0.25) is 4.79 Å². The Labute approximate surface area is 156 Å². The normalized spacial score (nSPS) is 10.6. The third-order valence-corrected chi connectivity index (χ3v) is 4.01. The van der Waals surface area contributed by atoms with Crippen molar-refractivity contribution in [3.8, 4) is 11.5 Å². The highest BCUT2D eigenvalue weighted by Gasteiger charge is 2.13. The van der Waals surface area contributed by atoms with Gasteiger partial charge >= 0.3 is 0 Å². The zero-order valence-electron chi connectivity index (χ0n) is 14.4. The number of carbonyl (C=O) groups excluding carboxylic acids is 1. The van der Waals surface area contributed by atoms with Crippen molar-refractivity contribution < 1.29 is 14.6 Å². The molecule has 1 amide bonds. The first-order valence-electron chi connectivity index (χ1n) is 7.96. The molecule has 0 bridgehead atoms. The summed E-state index contributed by atoms with van der Waals surface area (Å²) in [5.74, 6) is 0.254. The van der Waals surface area contributed by atoms with E-state index in [4.69, 9.17) is 16.3 Å². The van der Waals surface area contributed by atoms with Gasteiger partial charge in [0.15, 0.2) is 12.4 Å². The van der Waals surface area contributed by atoms with Gasteiger partial charge in [0.25, 0.3) is 5.91 Å². The second-order valence-corrected chi connectivity index (χ2v) is 6.33. The third kappa shape index (κ3) is 4.15. The first kappa shape index (κ1) is 17.8. The van der Waals surface area contributed by atoms with Crippen LogP contribution in [0.25, 0.3) is 0 Å². The molecule has 1 aromatic heterocycles. The van der Waals surface area contributed by atoms with Crippen LogP contribution >= 0.6 is 11.6 Å². The molecule has 0 aliphatic heterocycles. The fraction of sp³-hybridized carbons (Fsp3) is 0.158. The molecular weight excluding hydrogens is 354 g/mol. The summed E-state index contributed by atoms with van der Waals surface area (Å²) in [5, 5.41) is 17.0. The summed E-state index contributed by atoms with van der Waals surface area (Å²) in [6.45, 7) is 4.14. The van der Waals surface area contributed by atoms with Gasteiger partial charge in [0, 0.05) is 11.2 Å². The number of hydrogen-bond donors (Lipinski definition) is 2. The van der Waals surface area contributed by atoms with E-state index < -0.39 is 5.91 Å². The van der Waals surface area contributed by atoms with Crippen molar-refractivity contribution in [1.29, 1.82) is 0 Å². The van der Waals surface area contributed by atoms with Crippen LogP contribution in [0.5, 0.6) is 11.5 Å². The van der Waals surface area contributed by atoms with Crippen LogP contribution in [-0.2, 0) is 6.73 Å². The molecule has 0 saturated carbocycles. The number of carbonyl (C=O) groups is 1. The molecule has 3 rings (SSSR count). The lowest BCUT2D eigenvalue weighted by molar-refractivity contribution is 0.102. The van der Waals surface area contributed by atoms with E-state index in [1.54, 1.807) is 12.3 Å². The van der Waals surface area contributed by atoms with Gasteiger partial charge in [-0.1, -0.05) is 23.7 Å². The molecule has 0 unspecified atom stereocenters. The molecule has 6 nitrogen and oxygen atoms in total. The molecule has 0 saturated heterocycles. The molecule has 0 aliphatic carbocycles. The Balaban J connectivity index is 1.66. The van der Waals surface area contributed by atoms with E-state index in [1.807, 2.05) is 32.0 Å². The smallest absolute Gasteiger partial charge is 0.276 e. The summed E-state index contributed by atoms with van der Waals surface area (Å²) in [7, 11) is 0. The summed E-state index contributed by atoms with van der Waals surface area (Å²) in [4.78, 5) is 12.3. The number of rotatable bonds is 5. The Kier molecular flexibility index (Phi) is 5.14. The lowest BCUT2D eigenvalue weighted by Gasteiger charge is -2.10. The minimum absolute atomic E-state index is 0.0690. The maximum atomic E-state index is 12.3. The van der Waals surface area contributed by atoms with Crippen LogP contribution < -0.4 is 10.1 Å². The number of nitrogens with zero attached hydrogens (tertiary/aromatic N) is 2. The zero-order valence-corrected chi connectivity index (χ0v) is 15.1. The molecule has 1 heterocycles. The highest BCUT2D eigenvalue weighted by molar-refractivity contribution is 6.31. The Morgan fingerprint density at radius 2 is 2.04 bits per heavy atom. The first-order valence-corrected chi connectivity index (χ1v) is 8.33. The molecule has 0 radical (unpaired) electrons. The van der Waals surface area contributed by atoms with Crippen LogP contribution in [0.4, 0.5) is 5.69 Å². The summed E-state index contributed by atoms with van der Waals surface area (Å²) >= 11 is 5.88. The molecular formula is C19H18ClN3O3. The average Bonchev–Trinajstić information content (AvgIpc) is 3.08. The maximum Gasteiger partial charge on any atom is 0.276 e. The minimum atomic E-state index is -0.451. The Bertz CT molecular complexity index is 953. The minimum Gasteiger partial charge on any atom is -0.506 e. The number of aromatic nitrogens is 2. The number of anilines is 1. The van der Waals surface area contributed by atoms with Gasteiger partial charge in [-0.2, -0.15) is 5.10 Å². The lowest BCUT2D eigenvalue weighted by atomic mass is 10.1. The molecule has 0 fully saturated rings. The molecule has 0 spiro atoms. The van der Waals surface area contributed by atoms with E-state index in [9.17, 15) is 9.90 Å². The molecule has 0 aliphatic rings. The quantitative estimate of drug-likeness (QED) is 0.660. The Morgan fingerprint density at radius 3 is 2.85 bits per heavy atom. The van der Waals surface area contributed by atoms with Crippen LogP contribution in [0, 0.1) is 13.8 Å². The molecule has 7 heteroatoms. The predicted octanol–water partition coefficient (Wildman–Crippen LogP) is 4.15. The highest BCUT2D eigenvalue weighted by Crippen LogP contribution is 2.26. The molecule has 3 aromatic rings. The van der Waals surface area contributed by atoms with Gasteiger partial charge in [0.05, 0.1) is 5.69 Å². The fourth-order valence-electron chi connectivity index (χ4n) is 2.35. The van der Waals surface area contributed by atoms with Crippen molar-refractivity contribution in [1.82, 2.24) is 9.78 Å². The van der Waals surface area contributed by atoms with E-state index in [-0.39, 0.29) is 23.9 Å². The van der Waals surface area contributed by atoms with E-state index >= 15 is 0 Å². The van der Waals surface area contributed by atoms with E-state index in [1.165, 1.54) is 22.9 Å². The third-order valence-electron chi connectivity index (χ3n) is 3.78. The number of nitrogens with one attached hydrogen (secondary N) is 1. The summed E-state index contributed by atoms with van der Waals surface area (Å²) in [6.07, 6.45) is 1.65. The molecule has 26 heavy (non-hydrogen) atoms. The zero-order chi connectivity index (χ0) is 18.7. The number of benzene rings is 2. The van der Waals surface area contributed by atoms with Gasteiger partial charge in [-0.25, -0.2) is 4.68 Å². The highest BCUT2D eigenvalue weighted by atomic mass is 35.5. The number of hydrogen-bond acceptors (Lipinski definition) is 4. The molecule has 0 atom stereocenters. The van der Waals surface area contributed by atoms with Gasteiger partial charge in [-0.05, 0) is 55.3 Å². The van der Waals surface area contributed by atoms with Crippen molar-refractivity contribution in [3.05, 3.63) is 70.5 Å². The molecule has 134 valence electrons. The predicted molar refractivity (Wildman–Crippen MR) is 99.8 cm³/mol. The van der Waals surface area contributed by atoms with Crippen LogP contribution in [0.15, 0.2) is 48.7 Å². The van der Waals surface area contributed by atoms with Crippen molar-refractivity contribution in [2.24, 2.45) is 0 Å². The largest absolute Gasteiger partial charge is 0.506 e. The maximum absolute atomic E-state index is 12.3. The summed E-state index contributed by atoms with van der Waals surface area (Å²) in [5.41, 5.74) is 2.56. The van der Waals surface area contributed by atoms with Gasteiger partial charge < -0.3 is 15.2 Å². The van der Waals surface area contributed by atoms with Crippen molar-refractivity contribution in [2.45, 2.75) is 20.6 Å². The number of amides is 1. The first-order chi connectivity index (χ1) is 12.4. The molecule has 2 aromatic carbocycles.